The van der Waals surface area contributed by atoms with Gasteiger partial charge in [-0.1, -0.05) is 6.92 Å². The molecule has 0 bridgehead atoms. The highest BCUT2D eigenvalue weighted by atomic mass is 16.5. The summed E-state index contributed by atoms with van der Waals surface area (Å²) in [6.07, 6.45) is 0.994. The van der Waals surface area contributed by atoms with Gasteiger partial charge in [0.2, 0.25) is 5.89 Å². The van der Waals surface area contributed by atoms with Gasteiger partial charge in [-0.3, -0.25) is 0 Å². The van der Waals surface area contributed by atoms with E-state index in [1.54, 1.807) is 12.1 Å². The summed E-state index contributed by atoms with van der Waals surface area (Å²) < 4.78 is 11.3. The van der Waals surface area contributed by atoms with E-state index in [0.29, 0.717) is 11.6 Å². The van der Waals surface area contributed by atoms with Gasteiger partial charge in [0.25, 0.3) is 0 Å². The van der Waals surface area contributed by atoms with Gasteiger partial charge in [-0.05, 0) is 48.9 Å². The molecule has 0 atom stereocenters. The van der Waals surface area contributed by atoms with Crippen molar-refractivity contribution in [3.05, 3.63) is 42.5 Å². The van der Waals surface area contributed by atoms with Crippen LogP contribution in [-0.2, 0) is 0 Å². The first-order valence-electron chi connectivity index (χ1n) is 6.65. The Hall–Kier alpha value is -2.49. The number of anilines is 1. The highest BCUT2D eigenvalue weighted by Gasteiger charge is 2.08. The third kappa shape index (κ3) is 2.45. The summed E-state index contributed by atoms with van der Waals surface area (Å²) >= 11 is 0. The maximum Gasteiger partial charge on any atom is 0.227 e. The second kappa shape index (κ2) is 5.25. The van der Waals surface area contributed by atoms with E-state index < -0.39 is 0 Å². The molecule has 0 aliphatic rings. The van der Waals surface area contributed by atoms with Crippen molar-refractivity contribution < 1.29 is 9.15 Å². The molecule has 0 spiro atoms. The van der Waals surface area contributed by atoms with E-state index in [0.717, 1.165) is 35.4 Å². The number of fused-ring (bicyclic) bond motifs is 1. The van der Waals surface area contributed by atoms with Crippen LogP contribution in [0.5, 0.6) is 5.75 Å². The van der Waals surface area contributed by atoms with Crippen LogP contribution in [0.15, 0.2) is 46.9 Å². The van der Waals surface area contributed by atoms with Crippen LogP contribution in [0, 0.1) is 0 Å². The Morgan fingerprint density at radius 1 is 1.15 bits per heavy atom. The van der Waals surface area contributed by atoms with Crippen LogP contribution in [0.1, 0.15) is 13.3 Å². The molecule has 0 aliphatic carbocycles. The summed E-state index contributed by atoms with van der Waals surface area (Å²) in [5, 5.41) is 0. The van der Waals surface area contributed by atoms with Crippen LogP contribution >= 0.6 is 0 Å². The molecule has 0 aliphatic heterocycles. The number of nitrogens with zero attached hydrogens (tertiary/aromatic N) is 1. The molecule has 0 radical (unpaired) electrons. The fourth-order valence-electron chi connectivity index (χ4n) is 1.98. The second-order valence-electron chi connectivity index (χ2n) is 4.62. The molecule has 0 saturated carbocycles. The van der Waals surface area contributed by atoms with Crippen molar-refractivity contribution in [1.82, 2.24) is 4.98 Å². The van der Waals surface area contributed by atoms with E-state index in [-0.39, 0.29) is 0 Å². The lowest BCUT2D eigenvalue weighted by Gasteiger charge is -2.04. The number of oxazole rings is 1. The van der Waals surface area contributed by atoms with Gasteiger partial charge >= 0.3 is 0 Å². The Kier molecular flexibility index (Phi) is 3.29. The van der Waals surface area contributed by atoms with Crippen molar-refractivity contribution in [3.63, 3.8) is 0 Å². The average molecular weight is 268 g/mol. The first kappa shape index (κ1) is 12.5. The minimum atomic E-state index is 0.590. The molecule has 3 rings (SSSR count). The van der Waals surface area contributed by atoms with Crippen molar-refractivity contribution >= 4 is 16.8 Å². The smallest absolute Gasteiger partial charge is 0.227 e. The van der Waals surface area contributed by atoms with Crippen LogP contribution in [0.4, 0.5) is 5.69 Å². The predicted molar refractivity (Wildman–Crippen MR) is 79.6 cm³/mol. The van der Waals surface area contributed by atoms with E-state index in [2.05, 4.69) is 11.9 Å². The van der Waals surface area contributed by atoms with Crippen LogP contribution in [0.3, 0.4) is 0 Å². The fourth-order valence-corrected chi connectivity index (χ4v) is 1.98. The van der Waals surface area contributed by atoms with Crippen LogP contribution in [-0.4, -0.2) is 11.6 Å². The molecular weight excluding hydrogens is 252 g/mol. The highest BCUT2D eigenvalue weighted by Crippen LogP contribution is 2.26. The number of benzene rings is 2. The number of rotatable bonds is 4. The number of ether oxygens (including phenoxy) is 1. The zero-order chi connectivity index (χ0) is 13.9. The molecule has 1 heterocycles. The minimum Gasteiger partial charge on any atom is -0.494 e. The van der Waals surface area contributed by atoms with E-state index in [1.807, 2.05) is 30.3 Å². The molecule has 3 aromatic rings. The maximum atomic E-state index is 5.74. The normalized spacial score (nSPS) is 10.8. The lowest BCUT2D eigenvalue weighted by atomic mass is 10.2. The van der Waals surface area contributed by atoms with Crippen LogP contribution in [0.25, 0.3) is 22.6 Å². The summed E-state index contributed by atoms with van der Waals surface area (Å²) in [4.78, 5) is 4.45. The molecule has 4 heteroatoms. The molecule has 2 N–H and O–H groups in total. The SMILES string of the molecule is CCCOc1ccc(-c2nc3cc(N)ccc3o2)cc1. The summed E-state index contributed by atoms with van der Waals surface area (Å²) in [6.45, 7) is 2.81. The van der Waals surface area contributed by atoms with Crippen LogP contribution in [0.2, 0.25) is 0 Å². The Morgan fingerprint density at radius 2 is 1.95 bits per heavy atom. The zero-order valence-corrected chi connectivity index (χ0v) is 11.3. The van der Waals surface area contributed by atoms with Gasteiger partial charge in [0.15, 0.2) is 5.58 Å². The topological polar surface area (TPSA) is 61.3 Å². The van der Waals surface area contributed by atoms with E-state index in [1.165, 1.54) is 0 Å². The highest BCUT2D eigenvalue weighted by molar-refractivity contribution is 5.79. The molecule has 2 aromatic carbocycles. The van der Waals surface area contributed by atoms with E-state index in [9.17, 15) is 0 Å². The standard InChI is InChI=1S/C16H16N2O2/c1-2-9-19-13-6-3-11(4-7-13)16-18-14-10-12(17)5-8-15(14)20-16/h3-8,10H,2,9,17H2,1H3. The van der Waals surface area contributed by atoms with Gasteiger partial charge in [0.05, 0.1) is 6.61 Å². The van der Waals surface area contributed by atoms with Gasteiger partial charge in [0, 0.05) is 11.3 Å². The molecule has 0 fully saturated rings. The van der Waals surface area contributed by atoms with Crippen molar-refractivity contribution in [2.75, 3.05) is 12.3 Å². The Bertz CT molecular complexity index is 717. The monoisotopic (exact) mass is 268 g/mol. The molecule has 0 unspecified atom stereocenters. The van der Waals surface area contributed by atoms with Gasteiger partial charge in [-0.15, -0.1) is 0 Å². The fraction of sp³-hybridized carbons (Fsp3) is 0.188. The lowest BCUT2D eigenvalue weighted by molar-refractivity contribution is 0.317. The van der Waals surface area contributed by atoms with Crippen molar-refractivity contribution in [1.29, 1.82) is 0 Å². The summed E-state index contributed by atoms with van der Waals surface area (Å²) in [7, 11) is 0. The van der Waals surface area contributed by atoms with Crippen molar-refractivity contribution in [2.24, 2.45) is 0 Å². The molecule has 0 amide bonds. The largest absolute Gasteiger partial charge is 0.494 e. The Morgan fingerprint density at radius 3 is 2.70 bits per heavy atom. The Labute approximate surface area is 117 Å². The average Bonchev–Trinajstić information content (AvgIpc) is 2.88. The van der Waals surface area contributed by atoms with Gasteiger partial charge < -0.3 is 14.9 Å². The van der Waals surface area contributed by atoms with Gasteiger partial charge in [0.1, 0.15) is 11.3 Å². The Balaban J connectivity index is 1.90. The number of nitrogens with two attached hydrogens (primary N) is 1. The quantitative estimate of drug-likeness (QED) is 0.730. The van der Waals surface area contributed by atoms with Gasteiger partial charge in [-0.2, -0.15) is 0 Å². The van der Waals surface area contributed by atoms with E-state index in [4.69, 9.17) is 14.9 Å². The van der Waals surface area contributed by atoms with Crippen molar-refractivity contribution in [2.45, 2.75) is 13.3 Å². The molecule has 102 valence electrons. The van der Waals surface area contributed by atoms with E-state index >= 15 is 0 Å². The number of aromatic nitrogens is 1. The molecule has 0 saturated heterocycles. The molecule has 1 aromatic heterocycles. The summed E-state index contributed by atoms with van der Waals surface area (Å²) in [6, 6.07) is 13.2. The van der Waals surface area contributed by atoms with Crippen molar-refractivity contribution in [3.8, 4) is 17.2 Å². The minimum absolute atomic E-state index is 0.590. The maximum absolute atomic E-state index is 5.74. The number of hydrogen-bond donors (Lipinski definition) is 1. The second-order valence-corrected chi connectivity index (χ2v) is 4.62. The third-order valence-corrected chi connectivity index (χ3v) is 2.99. The molecular formula is C16H16N2O2. The first-order chi connectivity index (χ1) is 9.76. The number of hydrogen-bond acceptors (Lipinski definition) is 4. The zero-order valence-electron chi connectivity index (χ0n) is 11.3. The number of nitrogen functional groups attached to an aromatic ring is 1. The lowest BCUT2D eigenvalue weighted by Crippen LogP contribution is -1.94. The first-order valence-corrected chi connectivity index (χ1v) is 6.65. The summed E-state index contributed by atoms with van der Waals surface area (Å²) in [5.41, 5.74) is 8.85. The predicted octanol–water partition coefficient (Wildman–Crippen LogP) is 3.87. The summed E-state index contributed by atoms with van der Waals surface area (Å²) in [5.74, 6) is 1.45. The molecule has 20 heavy (non-hydrogen) atoms. The third-order valence-electron chi connectivity index (χ3n) is 2.99. The molecule has 4 nitrogen and oxygen atoms in total. The van der Waals surface area contributed by atoms with Gasteiger partial charge in [-0.25, -0.2) is 4.98 Å². The van der Waals surface area contributed by atoms with Crippen LogP contribution < -0.4 is 10.5 Å².